The Bertz CT molecular complexity index is 1180. The molecule has 0 saturated heterocycles. The van der Waals surface area contributed by atoms with Gasteiger partial charge in [-0.05, 0) is 50.1 Å². The molecule has 166 valence electrons. The molecule has 1 unspecified atom stereocenters. The number of aliphatic hydroxyl groups is 1. The Balaban J connectivity index is 2.35. The maximum absolute atomic E-state index is 12.2. The molecule has 1 aromatic heterocycles. The summed E-state index contributed by atoms with van der Waals surface area (Å²) in [5.41, 5.74) is -0.705. The highest BCUT2D eigenvalue weighted by atomic mass is 35.5. The van der Waals surface area contributed by atoms with E-state index in [-0.39, 0.29) is 5.69 Å². The van der Waals surface area contributed by atoms with Crippen LogP contribution in [0.25, 0.3) is 10.9 Å². The molecule has 8 nitrogen and oxygen atoms in total. The maximum atomic E-state index is 12.2. The van der Waals surface area contributed by atoms with Gasteiger partial charge in [0, 0.05) is 17.5 Å². The molecule has 0 spiro atoms. The van der Waals surface area contributed by atoms with Crippen LogP contribution in [0.5, 0.6) is 0 Å². The summed E-state index contributed by atoms with van der Waals surface area (Å²) in [6.45, 7) is 5.34. The number of rotatable bonds is 6. The minimum absolute atomic E-state index is 0.177. The molecule has 0 radical (unpaired) electrons. The van der Waals surface area contributed by atoms with Crippen LogP contribution in [0.2, 0.25) is 5.02 Å². The van der Waals surface area contributed by atoms with Gasteiger partial charge in [-0.25, -0.2) is 13.2 Å². The van der Waals surface area contributed by atoms with Crippen LogP contribution >= 0.6 is 11.6 Å². The summed E-state index contributed by atoms with van der Waals surface area (Å²) >= 11 is 6.08. The van der Waals surface area contributed by atoms with E-state index < -0.39 is 28.1 Å². The predicted octanol–water partition coefficient (Wildman–Crippen LogP) is 3.29. The average molecular weight is 465 g/mol. The largest absolute Gasteiger partial charge is 0.388 e. The normalized spacial score (nSPS) is 13.9. The molecular formula is C21H25ClN4O4S. The van der Waals surface area contributed by atoms with Gasteiger partial charge in [-0.2, -0.15) is 9.40 Å². The van der Waals surface area contributed by atoms with E-state index in [4.69, 9.17) is 11.6 Å². The Kier molecular flexibility index (Phi) is 6.31. The smallest absolute Gasteiger partial charge is 0.335 e. The standard InChI is InChI=1S/C21H25ClN4O4S/c1-5-21(20(2,3)28,14-9-11-15(22)12-10-14)26-18-8-6-7-17(16(18)13-24-26)25(31(29)30)19(27)23-4/h6-13,28,31H,5H2,1-4H3,(H,23,27). The topological polar surface area (TPSA) is 105 Å². The predicted molar refractivity (Wildman–Crippen MR) is 122 cm³/mol. The number of aromatic nitrogens is 2. The van der Waals surface area contributed by atoms with Crippen LogP contribution in [-0.4, -0.2) is 42.0 Å². The third-order valence-electron chi connectivity index (χ3n) is 5.60. The van der Waals surface area contributed by atoms with Crippen molar-refractivity contribution in [2.24, 2.45) is 0 Å². The van der Waals surface area contributed by atoms with E-state index in [1.807, 2.05) is 19.1 Å². The van der Waals surface area contributed by atoms with E-state index in [2.05, 4.69) is 10.4 Å². The molecule has 0 bridgehead atoms. The summed E-state index contributed by atoms with van der Waals surface area (Å²) in [4.78, 5) is 12.2. The number of nitrogens with one attached hydrogen (secondary N) is 1. The van der Waals surface area contributed by atoms with E-state index in [1.54, 1.807) is 42.8 Å². The minimum atomic E-state index is -3.23. The first-order valence-corrected chi connectivity index (χ1v) is 11.2. The average Bonchev–Trinajstić information content (AvgIpc) is 3.14. The van der Waals surface area contributed by atoms with E-state index in [0.717, 1.165) is 5.56 Å². The van der Waals surface area contributed by atoms with Crippen molar-refractivity contribution in [3.63, 3.8) is 0 Å². The van der Waals surface area contributed by atoms with E-state index in [9.17, 15) is 18.3 Å². The molecule has 2 N–H and O–H groups in total. The highest BCUT2D eigenvalue weighted by Crippen LogP contribution is 2.43. The molecule has 0 aliphatic heterocycles. The summed E-state index contributed by atoms with van der Waals surface area (Å²) in [6, 6.07) is 11.4. The molecule has 31 heavy (non-hydrogen) atoms. The molecule has 0 aliphatic rings. The Hall–Kier alpha value is -2.62. The number of thiol groups is 1. The van der Waals surface area contributed by atoms with Crippen molar-refractivity contribution in [1.82, 2.24) is 15.1 Å². The van der Waals surface area contributed by atoms with Gasteiger partial charge in [-0.1, -0.05) is 36.7 Å². The van der Waals surface area contributed by atoms with E-state index in [1.165, 1.54) is 19.3 Å². The number of anilines is 1. The second-order valence-corrected chi connectivity index (χ2v) is 8.96. The lowest BCUT2D eigenvalue weighted by molar-refractivity contribution is -0.0297. The number of benzene rings is 2. The fraction of sp³-hybridized carbons (Fsp3) is 0.333. The number of nitrogens with zero attached hydrogens (tertiary/aromatic N) is 3. The Morgan fingerprint density at radius 2 is 1.87 bits per heavy atom. The minimum Gasteiger partial charge on any atom is -0.388 e. The van der Waals surface area contributed by atoms with Gasteiger partial charge >= 0.3 is 6.03 Å². The summed E-state index contributed by atoms with van der Waals surface area (Å²) in [5, 5.41) is 19.2. The van der Waals surface area contributed by atoms with E-state index >= 15 is 0 Å². The lowest BCUT2D eigenvalue weighted by Crippen LogP contribution is -2.53. The molecule has 2 aromatic carbocycles. The third-order valence-corrected chi connectivity index (χ3v) is 6.57. The monoisotopic (exact) mass is 464 g/mol. The number of urea groups is 1. The second kappa shape index (κ2) is 8.49. The van der Waals surface area contributed by atoms with Crippen LogP contribution in [-0.2, 0) is 16.4 Å². The highest BCUT2D eigenvalue weighted by Gasteiger charge is 2.47. The molecule has 0 fully saturated rings. The number of halogens is 1. The first kappa shape index (κ1) is 23.1. The molecule has 3 aromatic rings. The third kappa shape index (κ3) is 3.77. The number of amides is 2. The van der Waals surface area contributed by atoms with Crippen molar-refractivity contribution in [3.05, 3.63) is 59.2 Å². The molecule has 0 aliphatic carbocycles. The Morgan fingerprint density at radius 1 is 1.23 bits per heavy atom. The lowest BCUT2D eigenvalue weighted by atomic mass is 9.74. The van der Waals surface area contributed by atoms with Crippen molar-refractivity contribution in [2.75, 3.05) is 11.4 Å². The fourth-order valence-electron chi connectivity index (χ4n) is 4.15. The molecular weight excluding hydrogens is 440 g/mol. The van der Waals surface area contributed by atoms with Gasteiger partial charge in [0.05, 0.1) is 23.0 Å². The van der Waals surface area contributed by atoms with Crippen molar-refractivity contribution in [3.8, 4) is 0 Å². The zero-order chi connectivity index (χ0) is 23.0. The highest BCUT2D eigenvalue weighted by molar-refractivity contribution is 7.75. The maximum Gasteiger partial charge on any atom is 0.335 e. The van der Waals surface area contributed by atoms with Crippen molar-refractivity contribution in [2.45, 2.75) is 38.3 Å². The van der Waals surface area contributed by atoms with Crippen LogP contribution in [0, 0.1) is 0 Å². The summed E-state index contributed by atoms with van der Waals surface area (Å²) in [7, 11) is -1.88. The number of fused-ring (bicyclic) bond motifs is 1. The van der Waals surface area contributed by atoms with Crippen molar-refractivity contribution in [1.29, 1.82) is 0 Å². The van der Waals surface area contributed by atoms with Gasteiger partial charge in [-0.15, -0.1) is 0 Å². The van der Waals surface area contributed by atoms with Gasteiger partial charge < -0.3 is 10.4 Å². The molecule has 1 atom stereocenters. The SMILES string of the molecule is CCC(c1ccc(Cl)cc1)(n1ncc2c(N(C(=O)NC)[SH](=O)=O)cccc21)C(C)(C)O. The Morgan fingerprint density at radius 3 is 2.39 bits per heavy atom. The van der Waals surface area contributed by atoms with Crippen LogP contribution in [0.15, 0.2) is 48.7 Å². The van der Waals surface area contributed by atoms with Gasteiger partial charge in [0.25, 0.3) is 0 Å². The van der Waals surface area contributed by atoms with E-state index in [0.29, 0.717) is 26.7 Å². The van der Waals surface area contributed by atoms with Gasteiger partial charge in [-0.3, -0.25) is 4.68 Å². The number of hydrogen-bond donors (Lipinski definition) is 3. The van der Waals surface area contributed by atoms with Gasteiger partial charge in [0.2, 0.25) is 10.9 Å². The first-order chi connectivity index (χ1) is 14.6. The van der Waals surface area contributed by atoms with Crippen LogP contribution < -0.4 is 9.62 Å². The zero-order valence-electron chi connectivity index (χ0n) is 17.7. The van der Waals surface area contributed by atoms with Crippen LogP contribution in [0.1, 0.15) is 32.8 Å². The summed E-state index contributed by atoms with van der Waals surface area (Å²) in [6.07, 6.45) is 1.99. The van der Waals surface area contributed by atoms with Gasteiger partial charge in [0.15, 0.2) is 0 Å². The fourth-order valence-corrected chi connectivity index (χ4v) is 4.87. The summed E-state index contributed by atoms with van der Waals surface area (Å²) in [5.74, 6) is 0. The number of carbonyl (C=O) groups excluding carboxylic acids is 1. The lowest BCUT2D eigenvalue weighted by Gasteiger charge is -2.44. The molecule has 1 heterocycles. The first-order valence-electron chi connectivity index (χ1n) is 9.70. The van der Waals surface area contributed by atoms with Crippen LogP contribution in [0.3, 0.4) is 0 Å². The number of carbonyl (C=O) groups is 1. The van der Waals surface area contributed by atoms with Gasteiger partial charge in [0.1, 0.15) is 5.54 Å². The van der Waals surface area contributed by atoms with Crippen molar-refractivity contribution >= 4 is 45.1 Å². The zero-order valence-corrected chi connectivity index (χ0v) is 19.3. The molecule has 10 heteroatoms. The quantitative estimate of drug-likeness (QED) is 0.485. The van der Waals surface area contributed by atoms with Crippen molar-refractivity contribution < 1.29 is 18.3 Å². The number of hydrogen-bond acceptors (Lipinski definition) is 5. The Labute approximate surface area is 187 Å². The molecule has 0 saturated carbocycles. The molecule has 3 rings (SSSR count). The molecule has 2 amide bonds. The summed E-state index contributed by atoms with van der Waals surface area (Å²) < 4.78 is 26.0. The second-order valence-electron chi connectivity index (χ2n) is 7.65. The van der Waals surface area contributed by atoms with Crippen LogP contribution in [0.4, 0.5) is 10.5 Å².